The average molecular weight is 230 g/mol. The van der Waals surface area contributed by atoms with Gasteiger partial charge in [-0.2, -0.15) is 0 Å². The molecule has 0 spiro atoms. The van der Waals surface area contributed by atoms with Crippen LogP contribution in [-0.2, 0) is 0 Å². The van der Waals surface area contributed by atoms with E-state index in [1.54, 1.807) is 0 Å². The second kappa shape index (κ2) is 4.89. The number of carbonyl (C=O) groups excluding carboxylic acids is 1. The van der Waals surface area contributed by atoms with Crippen molar-refractivity contribution in [2.75, 3.05) is 12.3 Å². The first-order valence-corrected chi connectivity index (χ1v) is 4.62. The molecule has 0 aliphatic carbocycles. The molecular weight excluding hydrogens is 218 g/mol. The summed E-state index contributed by atoms with van der Waals surface area (Å²) < 4.78 is 26.6. The van der Waals surface area contributed by atoms with Gasteiger partial charge in [0.1, 0.15) is 11.4 Å². The molecule has 88 valence electrons. The monoisotopic (exact) mass is 230 g/mol. The molecule has 1 aromatic rings. The molecule has 0 fully saturated rings. The van der Waals surface area contributed by atoms with Gasteiger partial charge in [-0.1, -0.05) is 0 Å². The smallest absolute Gasteiger partial charge is 0.257 e. The van der Waals surface area contributed by atoms with Crippen LogP contribution < -0.4 is 11.1 Å². The van der Waals surface area contributed by atoms with E-state index < -0.39 is 29.1 Å². The van der Waals surface area contributed by atoms with Gasteiger partial charge in [0.25, 0.3) is 5.91 Å². The van der Waals surface area contributed by atoms with Crippen LogP contribution in [0, 0.1) is 11.6 Å². The maximum absolute atomic E-state index is 13.4. The molecular formula is C10H12F2N2O2. The molecule has 4 nitrogen and oxygen atoms in total. The average Bonchev–Trinajstić information content (AvgIpc) is 2.24. The SMILES string of the molecule is C[C@@H](CO)NC(=O)c1c(F)ccc(N)c1F. The number of nitrogens with two attached hydrogens (primary N) is 1. The Morgan fingerprint density at radius 3 is 2.75 bits per heavy atom. The van der Waals surface area contributed by atoms with Crippen LogP contribution in [0.3, 0.4) is 0 Å². The van der Waals surface area contributed by atoms with Gasteiger partial charge >= 0.3 is 0 Å². The number of carbonyl (C=O) groups is 1. The first-order chi connectivity index (χ1) is 7.47. The fourth-order valence-electron chi connectivity index (χ4n) is 1.12. The van der Waals surface area contributed by atoms with Crippen LogP contribution in [0.4, 0.5) is 14.5 Å². The Bertz CT molecular complexity index is 410. The van der Waals surface area contributed by atoms with Gasteiger partial charge < -0.3 is 16.2 Å². The standard InChI is InChI=1S/C10H12F2N2O2/c1-5(4-15)14-10(16)8-6(11)2-3-7(13)9(8)12/h2-3,5,15H,4,13H2,1H3,(H,14,16)/t5-/m0/s1. The molecule has 4 N–H and O–H groups in total. The molecule has 0 saturated heterocycles. The molecule has 1 atom stereocenters. The van der Waals surface area contributed by atoms with E-state index in [2.05, 4.69) is 5.32 Å². The predicted molar refractivity (Wildman–Crippen MR) is 54.8 cm³/mol. The van der Waals surface area contributed by atoms with Crippen molar-refractivity contribution in [3.63, 3.8) is 0 Å². The summed E-state index contributed by atoms with van der Waals surface area (Å²) in [6, 6.07) is 1.36. The third kappa shape index (κ3) is 2.46. The van der Waals surface area contributed by atoms with E-state index in [4.69, 9.17) is 10.8 Å². The van der Waals surface area contributed by atoms with Crippen LogP contribution in [0.2, 0.25) is 0 Å². The van der Waals surface area contributed by atoms with Gasteiger partial charge in [0.05, 0.1) is 12.3 Å². The van der Waals surface area contributed by atoms with Gasteiger partial charge in [-0.25, -0.2) is 8.78 Å². The van der Waals surface area contributed by atoms with Crippen LogP contribution >= 0.6 is 0 Å². The molecule has 0 aromatic heterocycles. The second-order valence-corrected chi connectivity index (χ2v) is 3.38. The molecule has 1 rings (SSSR count). The van der Waals surface area contributed by atoms with Crippen LogP contribution in [0.25, 0.3) is 0 Å². The Morgan fingerprint density at radius 1 is 1.56 bits per heavy atom. The molecule has 1 aromatic carbocycles. The van der Waals surface area contributed by atoms with E-state index >= 15 is 0 Å². The number of nitrogens with one attached hydrogen (secondary N) is 1. The lowest BCUT2D eigenvalue weighted by Gasteiger charge is -2.12. The molecule has 0 bridgehead atoms. The van der Waals surface area contributed by atoms with Gasteiger partial charge in [-0.3, -0.25) is 4.79 Å². The van der Waals surface area contributed by atoms with Gasteiger partial charge in [0.15, 0.2) is 5.82 Å². The van der Waals surface area contributed by atoms with Crippen LogP contribution in [0.15, 0.2) is 12.1 Å². The molecule has 1 amide bonds. The van der Waals surface area contributed by atoms with Crippen molar-refractivity contribution >= 4 is 11.6 Å². The number of amides is 1. The third-order valence-electron chi connectivity index (χ3n) is 2.00. The molecule has 16 heavy (non-hydrogen) atoms. The molecule has 0 aliphatic heterocycles. The van der Waals surface area contributed by atoms with E-state index in [-0.39, 0.29) is 12.3 Å². The first kappa shape index (κ1) is 12.4. The number of rotatable bonds is 3. The summed E-state index contributed by atoms with van der Waals surface area (Å²) in [6.45, 7) is 1.18. The zero-order valence-corrected chi connectivity index (χ0v) is 8.63. The van der Waals surface area contributed by atoms with Gasteiger partial charge in [-0.05, 0) is 19.1 Å². The van der Waals surface area contributed by atoms with Gasteiger partial charge in [0.2, 0.25) is 0 Å². The van der Waals surface area contributed by atoms with Crippen molar-refractivity contribution in [3.8, 4) is 0 Å². The molecule has 0 aliphatic rings. The summed E-state index contributed by atoms with van der Waals surface area (Å²) in [7, 11) is 0. The molecule has 0 unspecified atom stereocenters. The van der Waals surface area contributed by atoms with Crippen molar-refractivity contribution in [1.29, 1.82) is 0 Å². The summed E-state index contributed by atoms with van der Waals surface area (Å²) in [4.78, 5) is 11.5. The normalized spacial score (nSPS) is 12.2. The number of halogens is 2. The number of aliphatic hydroxyl groups is 1. The lowest BCUT2D eigenvalue weighted by atomic mass is 10.1. The van der Waals surface area contributed by atoms with Crippen molar-refractivity contribution in [3.05, 3.63) is 29.3 Å². The number of hydrogen-bond acceptors (Lipinski definition) is 3. The second-order valence-electron chi connectivity index (χ2n) is 3.38. The molecule has 0 radical (unpaired) electrons. The highest BCUT2D eigenvalue weighted by Crippen LogP contribution is 2.18. The zero-order valence-electron chi connectivity index (χ0n) is 8.63. The number of anilines is 1. The van der Waals surface area contributed by atoms with E-state index in [9.17, 15) is 13.6 Å². The lowest BCUT2D eigenvalue weighted by molar-refractivity contribution is 0.0914. The lowest BCUT2D eigenvalue weighted by Crippen LogP contribution is -2.36. The highest BCUT2D eigenvalue weighted by atomic mass is 19.1. The van der Waals surface area contributed by atoms with E-state index in [0.29, 0.717) is 0 Å². The number of nitrogen functional groups attached to an aromatic ring is 1. The minimum Gasteiger partial charge on any atom is -0.396 e. The fourth-order valence-corrected chi connectivity index (χ4v) is 1.12. The molecule has 6 heteroatoms. The number of benzene rings is 1. The van der Waals surface area contributed by atoms with Crippen LogP contribution in [0.5, 0.6) is 0 Å². The predicted octanol–water partition coefficient (Wildman–Crippen LogP) is 0.658. The Morgan fingerprint density at radius 2 is 2.19 bits per heavy atom. The zero-order chi connectivity index (χ0) is 12.3. The van der Waals surface area contributed by atoms with Crippen molar-refractivity contribution in [2.24, 2.45) is 0 Å². The quantitative estimate of drug-likeness (QED) is 0.667. The summed E-state index contributed by atoms with van der Waals surface area (Å²) in [5.74, 6) is -3.03. The topological polar surface area (TPSA) is 75.3 Å². The van der Waals surface area contributed by atoms with Crippen molar-refractivity contribution in [1.82, 2.24) is 5.32 Å². The maximum atomic E-state index is 13.4. The van der Waals surface area contributed by atoms with Crippen molar-refractivity contribution < 1.29 is 18.7 Å². The summed E-state index contributed by atoms with van der Waals surface area (Å²) in [6.07, 6.45) is 0. The summed E-state index contributed by atoms with van der Waals surface area (Å²) in [5.41, 5.74) is 4.18. The number of aliphatic hydroxyl groups excluding tert-OH is 1. The summed E-state index contributed by atoms with van der Waals surface area (Å²) in [5, 5.41) is 10.9. The maximum Gasteiger partial charge on any atom is 0.257 e. The Hall–Kier alpha value is -1.69. The van der Waals surface area contributed by atoms with Gasteiger partial charge in [-0.15, -0.1) is 0 Å². The summed E-state index contributed by atoms with van der Waals surface area (Å²) >= 11 is 0. The highest BCUT2D eigenvalue weighted by Gasteiger charge is 2.20. The van der Waals surface area contributed by atoms with Gasteiger partial charge in [0, 0.05) is 6.04 Å². The molecule has 0 heterocycles. The van der Waals surface area contributed by atoms with Crippen LogP contribution in [-0.4, -0.2) is 23.7 Å². The minimum atomic E-state index is -1.09. The van der Waals surface area contributed by atoms with E-state index in [1.807, 2.05) is 0 Å². The Kier molecular flexibility index (Phi) is 3.78. The van der Waals surface area contributed by atoms with Crippen molar-refractivity contribution in [2.45, 2.75) is 13.0 Å². The third-order valence-corrected chi connectivity index (χ3v) is 2.00. The Labute approximate surface area is 91.1 Å². The first-order valence-electron chi connectivity index (χ1n) is 4.62. The molecule has 0 saturated carbocycles. The number of hydrogen-bond donors (Lipinski definition) is 3. The van der Waals surface area contributed by atoms with E-state index in [1.165, 1.54) is 6.92 Å². The fraction of sp³-hybridized carbons (Fsp3) is 0.300. The largest absolute Gasteiger partial charge is 0.396 e. The highest BCUT2D eigenvalue weighted by molar-refractivity contribution is 5.95. The van der Waals surface area contributed by atoms with E-state index in [0.717, 1.165) is 12.1 Å². The Balaban J connectivity index is 3.03. The minimum absolute atomic E-state index is 0.303. The van der Waals surface area contributed by atoms with Crippen LogP contribution in [0.1, 0.15) is 17.3 Å².